The van der Waals surface area contributed by atoms with Gasteiger partial charge in [0.1, 0.15) is 0 Å². The summed E-state index contributed by atoms with van der Waals surface area (Å²) in [5.41, 5.74) is 1.10. The topological polar surface area (TPSA) is 68.3 Å². The Morgan fingerprint density at radius 3 is 1.95 bits per heavy atom. The maximum absolute atomic E-state index is 12.7. The number of carbonyl (C=O) groups excluding carboxylic acids is 2. The van der Waals surface area contributed by atoms with Crippen LogP contribution in [0.25, 0.3) is 0 Å². The standard InChI is InChI=1S/C17H16O4S/c1-12-8-10-15(11-9-12)22(20,21)17(13(2)18)16(19)14-6-4-3-5-7-14/h3-11,17H,1-2H3. The van der Waals surface area contributed by atoms with E-state index in [0.717, 1.165) is 12.5 Å². The van der Waals surface area contributed by atoms with Gasteiger partial charge in [0, 0.05) is 5.56 Å². The number of ketones is 2. The molecular formula is C17H16O4S. The molecular weight excluding hydrogens is 300 g/mol. The van der Waals surface area contributed by atoms with Crippen molar-refractivity contribution >= 4 is 21.4 Å². The molecule has 0 radical (unpaired) electrons. The summed E-state index contributed by atoms with van der Waals surface area (Å²) in [6.45, 7) is 2.95. The minimum atomic E-state index is -4.06. The zero-order chi connectivity index (χ0) is 16.3. The summed E-state index contributed by atoms with van der Waals surface area (Å²) in [5, 5.41) is -1.71. The van der Waals surface area contributed by atoms with E-state index in [1.165, 1.54) is 24.3 Å². The Kier molecular flexibility index (Phi) is 4.56. The highest BCUT2D eigenvalue weighted by molar-refractivity contribution is 7.93. The number of hydrogen-bond donors (Lipinski definition) is 0. The molecule has 0 aliphatic carbocycles. The van der Waals surface area contributed by atoms with Gasteiger partial charge in [-0.3, -0.25) is 9.59 Å². The van der Waals surface area contributed by atoms with Gasteiger partial charge in [0.15, 0.2) is 26.7 Å². The van der Waals surface area contributed by atoms with E-state index in [1.807, 2.05) is 6.92 Å². The molecule has 0 bridgehead atoms. The molecule has 0 N–H and O–H groups in total. The zero-order valence-electron chi connectivity index (χ0n) is 12.3. The first-order chi connectivity index (χ1) is 10.3. The van der Waals surface area contributed by atoms with Gasteiger partial charge in [0.05, 0.1) is 4.90 Å². The lowest BCUT2D eigenvalue weighted by molar-refractivity contribution is -0.115. The van der Waals surface area contributed by atoms with Gasteiger partial charge in [0.2, 0.25) is 0 Å². The number of aryl methyl sites for hydroxylation is 1. The van der Waals surface area contributed by atoms with Crippen molar-refractivity contribution in [3.05, 3.63) is 65.7 Å². The van der Waals surface area contributed by atoms with Gasteiger partial charge in [-0.05, 0) is 26.0 Å². The monoisotopic (exact) mass is 316 g/mol. The SMILES string of the molecule is CC(=O)C(C(=O)c1ccccc1)S(=O)(=O)c1ccc(C)cc1. The van der Waals surface area contributed by atoms with Crippen molar-refractivity contribution in [3.63, 3.8) is 0 Å². The maximum Gasteiger partial charge on any atom is 0.195 e. The van der Waals surface area contributed by atoms with Gasteiger partial charge in [-0.2, -0.15) is 0 Å². The first-order valence-corrected chi connectivity index (χ1v) is 8.29. The van der Waals surface area contributed by atoms with Crippen molar-refractivity contribution in [1.82, 2.24) is 0 Å². The van der Waals surface area contributed by atoms with Crippen LogP contribution in [0.2, 0.25) is 0 Å². The van der Waals surface area contributed by atoms with E-state index in [2.05, 4.69) is 0 Å². The third-order valence-electron chi connectivity index (χ3n) is 3.33. The van der Waals surface area contributed by atoms with Crippen LogP contribution < -0.4 is 0 Å². The number of hydrogen-bond acceptors (Lipinski definition) is 4. The van der Waals surface area contributed by atoms with Gasteiger partial charge >= 0.3 is 0 Å². The predicted molar refractivity (Wildman–Crippen MR) is 83.6 cm³/mol. The molecule has 2 aromatic rings. The number of sulfone groups is 1. The highest BCUT2D eigenvalue weighted by Gasteiger charge is 2.38. The summed E-state index contributed by atoms with van der Waals surface area (Å²) >= 11 is 0. The van der Waals surface area contributed by atoms with Crippen LogP contribution in [-0.2, 0) is 14.6 Å². The van der Waals surface area contributed by atoms with Gasteiger partial charge in [0.25, 0.3) is 0 Å². The Morgan fingerprint density at radius 2 is 1.45 bits per heavy atom. The van der Waals surface area contributed by atoms with E-state index in [4.69, 9.17) is 0 Å². The van der Waals surface area contributed by atoms with E-state index >= 15 is 0 Å². The Hall–Kier alpha value is -2.27. The van der Waals surface area contributed by atoms with Crippen molar-refractivity contribution in [2.24, 2.45) is 0 Å². The van der Waals surface area contributed by atoms with Crippen LogP contribution in [0.3, 0.4) is 0 Å². The van der Waals surface area contributed by atoms with E-state index in [-0.39, 0.29) is 10.5 Å². The summed E-state index contributed by atoms with van der Waals surface area (Å²) in [6, 6.07) is 14.1. The molecule has 0 aliphatic heterocycles. The van der Waals surface area contributed by atoms with Gasteiger partial charge in [-0.1, -0.05) is 48.0 Å². The third kappa shape index (κ3) is 3.14. The van der Waals surface area contributed by atoms with Crippen molar-refractivity contribution in [2.45, 2.75) is 24.0 Å². The molecule has 1 unspecified atom stereocenters. The smallest absolute Gasteiger partial charge is 0.195 e. The van der Waals surface area contributed by atoms with Crippen LogP contribution in [0.4, 0.5) is 0 Å². The second kappa shape index (κ2) is 6.23. The molecule has 0 aromatic heterocycles. The van der Waals surface area contributed by atoms with Gasteiger partial charge < -0.3 is 0 Å². The quantitative estimate of drug-likeness (QED) is 0.628. The van der Waals surface area contributed by atoms with E-state index in [1.54, 1.807) is 30.3 Å². The van der Waals surface area contributed by atoms with Gasteiger partial charge in [-0.15, -0.1) is 0 Å². The second-order valence-electron chi connectivity index (χ2n) is 5.08. The summed E-state index contributed by atoms with van der Waals surface area (Å²) in [7, 11) is -4.06. The molecule has 0 heterocycles. The van der Waals surface area contributed by atoms with Crippen molar-refractivity contribution in [2.75, 3.05) is 0 Å². The Bertz CT molecular complexity index is 790. The minimum Gasteiger partial charge on any atom is -0.298 e. The molecule has 2 rings (SSSR count). The van der Waals surface area contributed by atoms with Crippen LogP contribution in [0.1, 0.15) is 22.8 Å². The molecule has 114 valence electrons. The van der Waals surface area contributed by atoms with E-state index in [0.29, 0.717) is 0 Å². The molecule has 0 saturated heterocycles. The molecule has 0 fully saturated rings. The fraction of sp³-hybridized carbons (Fsp3) is 0.176. The van der Waals surface area contributed by atoms with Crippen LogP contribution in [0.5, 0.6) is 0 Å². The molecule has 2 aromatic carbocycles. The zero-order valence-corrected chi connectivity index (χ0v) is 13.1. The molecule has 1 atom stereocenters. The predicted octanol–water partition coefficient (Wildman–Crippen LogP) is 2.61. The lowest BCUT2D eigenvalue weighted by Crippen LogP contribution is -2.36. The first kappa shape index (κ1) is 16.1. The van der Waals surface area contributed by atoms with Gasteiger partial charge in [-0.25, -0.2) is 8.42 Å². The summed E-state index contributed by atoms with van der Waals surface area (Å²) in [6.07, 6.45) is 0. The minimum absolute atomic E-state index is 0.0254. The molecule has 5 heteroatoms. The highest BCUT2D eigenvalue weighted by Crippen LogP contribution is 2.21. The third-order valence-corrected chi connectivity index (χ3v) is 5.42. The highest BCUT2D eigenvalue weighted by atomic mass is 32.2. The van der Waals surface area contributed by atoms with Crippen molar-refractivity contribution in [1.29, 1.82) is 0 Å². The Balaban J connectivity index is 2.50. The summed E-state index contributed by atoms with van der Waals surface area (Å²) in [5.74, 6) is -1.39. The normalized spacial score (nSPS) is 12.6. The fourth-order valence-corrected chi connectivity index (χ4v) is 3.80. The van der Waals surface area contributed by atoms with Crippen LogP contribution in [-0.4, -0.2) is 25.2 Å². The first-order valence-electron chi connectivity index (χ1n) is 6.74. The number of Topliss-reactive ketones (excluding diaryl/α,β-unsaturated/α-hetero) is 2. The summed E-state index contributed by atoms with van der Waals surface area (Å²) in [4.78, 5) is 24.3. The second-order valence-corrected chi connectivity index (χ2v) is 7.11. The summed E-state index contributed by atoms with van der Waals surface area (Å²) < 4.78 is 25.3. The number of rotatable bonds is 5. The molecule has 4 nitrogen and oxygen atoms in total. The fourth-order valence-electron chi connectivity index (χ4n) is 2.16. The number of benzene rings is 2. The largest absolute Gasteiger partial charge is 0.298 e. The average molecular weight is 316 g/mol. The lowest BCUT2D eigenvalue weighted by Gasteiger charge is -2.14. The number of carbonyl (C=O) groups is 2. The van der Waals surface area contributed by atoms with E-state index in [9.17, 15) is 18.0 Å². The Labute approximate surface area is 129 Å². The molecule has 22 heavy (non-hydrogen) atoms. The van der Waals surface area contributed by atoms with E-state index < -0.39 is 26.7 Å². The maximum atomic E-state index is 12.7. The molecule has 0 saturated carbocycles. The lowest BCUT2D eigenvalue weighted by atomic mass is 10.1. The van der Waals surface area contributed by atoms with Crippen LogP contribution >= 0.6 is 0 Å². The van der Waals surface area contributed by atoms with Crippen molar-refractivity contribution < 1.29 is 18.0 Å². The Morgan fingerprint density at radius 1 is 0.909 bits per heavy atom. The van der Waals surface area contributed by atoms with Crippen LogP contribution in [0.15, 0.2) is 59.5 Å². The van der Waals surface area contributed by atoms with Crippen LogP contribution in [0, 0.1) is 6.92 Å². The average Bonchev–Trinajstić information content (AvgIpc) is 2.48. The van der Waals surface area contributed by atoms with Crippen molar-refractivity contribution in [3.8, 4) is 0 Å². The molecule has 0 spiro atoms. The molecule has 0 amide bonds. The molecule has 0 aliphatic rings.